The van der Waals surface area contributed by atoms with Crippen LogP contribution in [0.2, 0.25) is 0 Å². The Morgan fingerprint density at radius 1 is 1.71 bits per heavy atom. The van der Waals surface area contributed by atoms with Crippen molar-refractivity contribution in [1.29, 1.82) is 0 Å². The maximum Gasteiger partial charge on any atom is 0.123 e. The van der Waals surface area contributed by atoms with E-state index in [9.17, 15) is 5.11 Å². The van der Waals surface area contributed by atoms with Gasteiger partial charge < -0.3 is 15.2 Å². The molecule has 0 amide bonds. The number of aryl methyl sites for hydroxylation is 1. The number of nitrogens with one attached hydrogen (secondary N) is 1. The van der Waals surface area contributed by atoms with Gasteiger partial charge in [0.25, 0.3) is 0 Å². The molecule has 14 heavy (non-hydrogen) atoms. The topological polar surface area (TPSA) is 54.4 Å². The average Bonchev–Trinajstić information content (AvgIpc) is 2.59. The fraction of sp³-hybridized carbons (Fsp3) is 0.667. The maximum atomic E-state index is 9.68. The lowest BCUT2D eigenvalue weighted by Gasteiger charge is -2.08. The molecule has 0 spiro atoms. The van der Waals surface area contributed by atoms with Crippen LogP contribution in [0, 0.1) is 6.92 Å². The quantitative estimate of drug-likeness (QED) is 0.688. The molecule has 0 aliphatic heterocycles. The van der Waals surface area contributed by atoms with E-state index in [4.69, 9.17) is 4.74 Å². The predicted octanol–water partition coefficient (Wildman–Crippen LogP) is 0.721. The molecular weight excluding hydrogens is 200 g/mol. The van der Waals surface area contributed by atoms with E-state index in [0.717, 1.165) is 17.2 Å². The molecule has 1 heterocycles. The summed E-state index contributed by atoms with van der Waals surface area (Å²) in [6, 6.07) is 0. The van der Waals surface area contributed by atoms with Gasteiger partial charge >= 0.3 is 0 Å². The first kappa shape index (κ1) is 11.6. The van der Waals surface area contributed by atoms with Crippen molar-refractivity contribution < 1.29 is 9.84 Å². The van der Waals surface area contributed by atoms with Crippen LogP contribution >= 0.6 is 11.3 Å². The molecular formula is C9H16N2O2S. The number of aliphatic hydroxyl groups excluding tert-OH is 1. The summed E-state index contributed by atoms with van der Waals surface area (Å²) in [4.78, 5) is 4.21. The van der Waals surface area contributed by atoms with E-state index in [1.165, 1.54) is 11.3 Å². The van der Waals surface area contributed by atoms with E-state index in [2.05, 4.69) is 10.3 Å². The molecule has 0 aliphatic rings. The summed E-state index contributed by atoms with van der Waals surface area (Å²) in [5.41, 5.74) is 0.959. The van der Waals surface area contributed by atoms with Crippen LogP contribution in [0.4, 0.5) is 0 Å². The second kappa shape index (κ2) is 6.08. The van der Waals surface area contributed by atoms with E-state index >= 15 is 0 Å². The van der Waals surface area contributed by atoms with Crippen molar-refractivity contribution in [1.82, 2.24) is 10.3 Å². The molecule has 0 saturated carbocycles. The number of ether oxygens (including phenoxy) is 1. The summed E-state index contributed by atoms with van der Waals surface area (Å²) in [7, 11) is 1.66. The first-order valence-electron chi connectivity index (χ1n) is 4.53. The molecule has 5 heteroatoms. The summed E-state index contributed by atoms with van der Waals surface area (Å²) in [5, 5.41) is 15.5. The molecule has 1 aromatic heterocycles. The van der Waals surface area contributed by atoms with Crippen molar-refractivity contribution in [3.63, 3.8) is 0 Å². The van der Waals surface area contributed by atoms with E-state index in [1.54, 1.807) is 7.11 Å². The number of nitrogens with zero attached hydrogens (tertiary/aromatic N) is 1. The monoisotopic (exact) mass is 216 g/mol. The second-order valence-corrected chi connectivity index (χ2v) is 3.93. The van der Waals surface area contributed by atoms with E-state index < -0.39 is 6.10 Å². The Bertz CT molecular complexity index is 265. The third-order valence-electron chi connectivity index (χ3n) is 1.74. The molecule has 2 N–H and O–H groups in total. The van der Waals surface area contributed by atoms with Crippen LogP contribution in [-0.2, 0) is 4.74 Å². The number of hydrogen-bond acceptors (Lipinski definition) is 5. The highest BCUT2D eigenvalue weighted by molar-refractivity contribution is 7.09. The van der Waals surface area contributed by atoms with E-state index in [-0.39, 0.29) is 0 Å². The van der Waals surface area contributed by atoms with E-state index in [1.807, 2.05) is 12.3 Å². The van der Waals surface area contributed by atoms with E-state index in [0.29, 0.717) is 13.2 Å². The Morgan fingerprint density at radius 2 is 2.50 bits per heavy atom. The van der Waals surface area contributed by atoms with Gasteiger partial charge in [0.1, 0.15) is 11.1 Å². The minimum atomic E-state index is -0.509. The zero-order chi connectivity index (χ0) is 10.4. The molecule has 0 aromatic carbocycles. The number of thiazole rings is 1. The first-order chi connectivity index (χ1) is 6.74. The van der Waals surface area contributed by atoms with Crippen LogP contribution in [-0.4, -0.2) is 36.9 Å². The van der Waals surface area contributed by atoms with Gasteiger partial charge in [-0.2, -0.15) is 0 Å². The van der Waals surface area contributed by atoms with Gasteiger partial charge in [0.05, 0.1) is 6.61 Å². The lowest BCUT2D eigenvalue weighted by atomic mass is 10.3. The van der Waals surface area contributed by atoms with Gasteiger partial charge in [0.2, 0.25) is 0 Å². The normalized spacial score (nSPS) is 13.1. The molecule has 0 fully saturated rings. The fourth-order valence-corrected chi connectivity index (χ4v) is 1.81. The SMILES string of the molecule is COCCNCC(O)c1nc(C)cs1. The number of methoxy groups -OCH3 is 1. The van der Waals surface area contributed by atoms with Crippen LogP contribution in [0.1, 0.15) is 16.8 Å². The predicted molar refractivity (Wildman–Crippen MR) is 56.6 cm³/mol. The summed E-state index contributed by atoms with van der Waals surface area (Å²) < 4.78 is 4.88. The molecule has 1 atom stereocenters. The molecule has 0 radical (unpaired) electrons. The number of hydrogen-bond donors (Lipinski definition) is 2. The molecule has 0 saturated heterocycles. The van der Waals surface area contributed by atoms with Crippen LogP contribution in [0.3, 0.4) is 0 Å². The molecule has 80 valence electrons. The average molecular weight is 216 g/mol. The highest BCUT2D eigenvalue weighted by atomic mass is 32.1. The summed E-state index contributed by atoms with van der Waals surface area (Å²) in [6.07, 6.45) is -0.509. The van der Waals surface area contributed by atoms with Crippen molar-refractivity contribution in [2.45, 2.75) is 13.0 Å². The Kier molecular flexibility index (Phi) is 5.03. The van der Waals surface area contributed by atoms with Gasteiger partial charge in [0.15, 0.2) is 0 Å². The third-order valence-corrected chi connectivity index (χ3v) is 2.81. The Balaban J connectivity index is 2.25. The zero-order valence-electron chi connectivity index (χ0n) is 8.49. The van der Waals surface area contributed by atoms with Crippen LogP contribution in [0.25, 0.3) is 0 Å². The lowest BCUT2D eigenvalue weighted by molar-refractivity contribution is 0.161. The minimum absolute atomic E-state index is 0.509. The van der Waals surface area contributed by atoms with Gasteiger partial charge in [-0.25, -0.2) is 4.98 Å². The van der Waals surface area contributed by atoms with Gasteiger partial charge in [-0.05, 0) is 6.92 Å². The zero-order valence-corrected chi connectivity index (χ0v) is 9.30. The van der Waals surface area contributed by atoms with Gasteiger partial charge in [-0.15, -0.1) is 11.3 Å². The Labute approximate surface area is 87.9 Å². The van der Waals surface area contributed by atoms with Crippen LogP contribution in [0.15, 0.2) is 5.38 Å². The highest BCUT2D eigenvalue weighted by Crippen LogP contribution is 2.16. The van der Waals surface area contributed by atoms with Gasteiger partial charge in [-0.1, -0.05) is 0 Å². The number of aliphatic hydroxyl groups is 1. The van der Waals surface area contributed by atoms with Gasteiger partial charge in [-0.3, -0.25) is 0 Å². The molecule has 1 unspecified atom stereocenters. The first-order valence-corrected chi connectivity index (χ1v) is 5.41. The molecule has 1 rings (SSSR count). The molecule has 1 aromatic rings. The largest absolute Gasteiger partial charge is 0.385 e. The number of aromatic nitrogens is 1. The highest BCUT2D eigenvalue weighted by Gasteiger charge is 2.10. The number of rotatable bonds is 6. The van der Waals surface area contributed by atoms with Crippen molar-refractivity contribution in [3.8, 4) is 0 Å². The van der Waals surface area contributed by atoms with Crippen LogP contribution in [0.5, 0.6) is 0 Å². The van der Waals surface area contributed by atoms with Crippen molar-refractivity contribution in [3.05, 3.63) is 16.1 Å². The van der Waals surface area contributed by atoms with Crippen molar-refractivity contribution in [2.75, 3.05) is 26.8 Å². The lowest BCUT2D eigenvalue weighted by Crippen LogP contribution is -2.24. The maximum absolute atomic E-state index is 9.68. The fourth-order valence-electron chi connectivity index (χ4n) is 1.03. The Hall–Kier alpha value is -0.490. The minimum Gasteiger partial charge on any atom is -0.385 e. The Morgan fingerprint density at radius 3 is 3.07 bits per heavy atom. The van der Waals surface area contributed by atoms with Crippen molar-refractivity contribution in [2.24, 2.45) is 0 Å². The molecule has 0 bridgehead atoms. The standard InChI is InChI=1S/C9H16N2O2S/c1-7-6-14-9(11-7)8(12)5-10-3-4-13-2/h6,8,10,12H,3-5H2,1-2H3. The summed E-state index contributed by atoms with van der Waals surface area (Å²) >= 11 is 1.49. The summed E-state index contributed by atoms with van der Waals surface area (Å²) in [5.74, 6) is 0. The van der Waals surface area contributed by atoms with Crippen molar-refractivity contribution >= 4 is 11.3 Å². The summed E-state index contributed by atoms with van der Waals surface area (Å²) in [6.45, 7) is 3.85. The smallest absolute Gasteiger partial charge is 0.123 e. The second-order valence-electron chi connectivity index (χ2n) is 3.04. The third kappa shape index (κ3) is 3.71. The van der Waals surface area contributed by atoms with Crippen LogP contribution < -0.4 is 5.32 Å². The molecule has 4 nitrogen and oxygen atoms in total. The van der Waals surface area contributed by atoms with Gasteiger partial charge in [0, 0.05) is 31.3 Å². The molecule has 0 aliphatic carbocycles.